The third kappa shape index (κ3) is 2.91. The van der Waals surface area contributed by atoms with Crippen molar-refractivity contribution >= 4 is 23.2 Å². The lowest BCUT2D eigenvalue weighted by Gasteiger charge is -2.34. The number of nitrogens with zero attached hydrogens (tertiary/aromatic N) is 1. The van der Waals surface area contributed by atoms with Crippen molar-refractivity contribution in [3.8, 4) is 0 Å². The zero-order chi connectivity index (χ0) is 11.5. The molecule has 0 bridgehead atoms. The highest BCUT2D eigenvalue weighted by atomic mass is 35.5. The van der Waals surface area contributed by atoms with Crippen molar-refractivity contribution in [3.63, 3.8) is 0 Å². The molecule has 0 saturated carbocycles. The molecule has 1 aromatic carbocycles. The van der Waals surface area contributed by atoms with Gasteiger partial charge in [-0.15, -0.1) is 11.6 Å². The number of alkyl halides is 1. The van der Waals surface area contributed by atoms with Crippen molar-refractivity contribution in [1.82, 2.24) is 4.90 Å². The minimum atomic E-state index is 0.336. The van der Waals surface area contributed by atoms with E-state index in [1.165, 1.54) is 5.56 Å². The van der Waals surface area contributed by atoms with E-state index in [1.807, 2.05) is 18.2 Å². The van der Waals surface area contributed by atoms with Crippen molar-refractivity contribution in [1.29, 1.82) is 0 Å². The van der Waals surface area contributed by atoms with Crippen molar-refractivity contribution in [2.45, 2.75) is 25.3 Å². The van der Waals surface area contributed by atoms with Crippen LogP contribution in [0.5, 0.6) is 0 Å². The fourth-order valence-electron chi connectivity index (χ4n) is 2.21. The predicted octanol–water partition coefficient (Wildman–Crippen LogP) is 3.79. The van der Waals surface area contributed by atoms with Crippen LogP contribution in [0.3, 0.4) is 0 Å². The zero-order valence-electron chi connectivity index (χ0n) is 9.50. The van der Waals surface area contributed by atoms with E-state index in [2.05, 4.69) is 17.9 Å². The Morgan fingerprint density at radius 3 is 2.81 bits per heavy atom. The van der Waals surface area contributed by atoms with Crippen molar-refractivity contribution in [2.24, 2.45) is 5.92 Å². The minimum absolute atomic E-state index is 0.336. The molecule has 88 valence electrons. The molecule has 1 heterocycles. The van der Waals surface area contributed by atoms with E-state index in [9.17, 15) is 0 Å². The quantitative estimate of drug-likeness (QED) is 0.729. The monoisotopic (exact) mass is 257 g/mol. The minimum Gasteiger partial charge on any atom is -0.299 e. The van der Waals surface area contributed by atoms with Gasteiger partial charge in [0.1, 0.15) is 0 Å². The van der Waals surface area contributed by atoms with Crippen LogP contribution in [0.1, 0.15) is 18.9 Å². The standard InChI is InChI=1S/C13H17Cl2N/c1-10-8-16(7-6-12(10)14)9-11-4-2-3-5-13(11)15/h2-5,10,12H,6-9H2,1H3. The van der Waals surface area contributed by atoms with Gasteiger partial charge in [0.2, 0.25) is 0 Å². The number of benzene rings is 1. The van der Waals surface area contributed by atoms with Crippen LogP contribution >= 0.6 is 23.2 Å². The smallest absolute Gasteiger partial charge is 0.0451 e. The van der Waals surface area contributed by atoms with Gasteiger partial charge in [-0.05, 0) is 30.5 Å². The number of piperidine rings is 1. The summed E-state index contributed by atoms with van der Waals surface area (Å²) in [4.78, 5) is 2.44. The Morgan fingerprint density at radius 1 is 1.38 bits per heavy atom. The normalized spacial score (nSPS) is 26.9. The summed E-state index contributed by atoms with van der Waals surface area (Å²) in [6.07, 6.45) is 1.08. The molecule has 1 fully saturated rings. The molecule has 2 unspecified atom stereocenters. The summed E-state index contributed by atoms with van der Waals surface area (Å²) in [6.45, 7) is 5.30. The Labute approximate surface area is 107 Å². The predicted molar refractivity (Wildman–Crippen MR) is 70.2 cm³/mol. The Hall–Kier alpha value is -0.240. The van der Waals surface area contributed by atoms with Crippen LogP contribution in [0, 0.1) is 5.92 Å². The van der Waals surface area contributed by atoms with Crippen LogP contribution in [0.25, 0.3) is 0 Å². The van der Waals surface area contributed by atoms with Gasteiger partial charge >= 0.3 is 0 Å². The van der Waals surface area contributed by atoms with E-state index >= 15 is 0 Å². The van der Waals surface area contributed by atoms with E-state index in [4.69, 9.17) is 23.2 Å². The Bertz CT molecular complexity index is 354. The number of hydrogen-bond donors (Lipinski definition) is 0. The number of rotatable bonds is 2. The molecule has 1 aliphatic heterocycles. The van der Waals surface area contributed by atoms with Gasteiger partial charge in [-0.25, -0.2) is 0 Å². The fourth-order valence-corrected chi connectivity index (χ4v) is 2.59. The summed E-state index contributed by atoms with van der Waals surface area (Å²) in [5, 5.41) is 1.20. The molecular weight excluding hydrogens is 241 g/mol. The van der Waals surface area contributed by atoms with Crippen LogP contribution in [0.15, 0.2) is 24.3 Å². The maximum atomic E-state index is 6.21. The summed E-state index contributed by atoms with van der Waals surface area (Å²) in [6, 6.07) is 8.06. The summed E-state index contributed by atoms with van der Waals surface area (Å²) >= 11 is 12.4. The maximum absolute atomic E-state index is 6.21. The number of likely N-dealkylation sites (tertiary alicyclic amines) is 1. The first kappa shape index (κ1) is 12.2. The average Bonchev–Trinajstić information content (AvgIpc) is 2.27. The van der Waals surface area contributed by atoms with Crippen LogP contribution < -0.4 is 0 Å². The van der Waals surface area contributed by atoms with Crippen LogP contribution in [0.4, 0.5) is 0 Å². The first-order valence-electron chi connectivity index (χ1n) is 5.76. The van der Waals surface area contributed by atoms with Crippen molar-refractivity contribution < 1.29 is 0 Å². The molecule has 0 radical (unpaired) electrons. The van der Waals surface area contributed by atoms with Gasteiger partial charge in [0.25, 0.3) is 0 Å². The fraction of sp³-hybridized carbons (Fsp3) is 0.538. The highest BCUT2D eigenvalue weighted by Gasteiger charge is 2.24. The molecule has 0 aliphatic carbocycles. The second-order valence-corrected chi connectivity index (χ2v) is 5.58. The van der Waals surface area contributed by atoms with Crippen molar-refractivity contribution in [3.05, 3.63) is 34.9 Å². The molecule has 1 aliphatic rings. The third-order valence-corrected chi connectivity index (χ3v) is 4.25. The third-order valence-electron chi connectivity index (χ3n) is 3.24. The van der Waals surface area contributed by atoms with E-state index in [0.29, 0.717) is 11.3 Å². The van der Waals surface area contributed by atoms with E-state index in [-0.39, 0.29) is 0 Å². The van der Waals surface area contributed by atoms with Gasteiger partial charge < -0.3 is 0 Å². The van der Waals surface area contributed by atoms with Gasteiger partial charge in [-0.2, -0.15) is 0 Å². The Kier molecular flexibility index (Phi) is 4.12. The summed E-state index contributed by atoms with van der Waals surface area (Å²) in [5.74, 6) is 0.568. The lowest BCUT2D eigenvalue weighted by molar-refractivity contribution is 0.180. The molecule has 1 saturated heterocycles. The summed E-state index contributed by atoms with van der Waals surface area (Å²) in [5.41, 5.74) is 1.21. The van der Waals surface area contributed by atoms with Gasteiger partial charge in [-0.1, -0.05) is 36.7 Å². The van der Waals surface area contributed by atoms with E-state index in [0.717, 1.165) is 31.1 Å². The van der Waals surface area contributed by atoms with Gasteiger partial charge in [0, 0.05) is 23.5 Å². The zero-order valence-corrected chi connectivity index (χ0v) is 11.0. The van der Waals surface area contributed by atoms with Crippen LogP contribution in [-0.2, 0) is 6.54 Å². The second-order valence-electron chi connectivity index (χ2n) is 4.61. The van der Waals surface area contributed by atoms with Gasteiger partial charge in [0.15, 0.2) is 0 Å². The van der Waals surface area contributed by atoms with E-state index < -0.39 is 0 Å². The Balaban J connectivity index is 1.98. The topological polar surface area (TPSA) is 3.24 Å². The average molecular weight is 258 g/mol. The summed E-state index contributed by atoms with van der Waals surface area (Å²) < 4.78 is 0. The van der Waals surface area contributed by atoms with Gasteiger partial charge in [0.05, 0.1) is 0 Å². The first-order valence-corrected chi connectivity index (χ1v) is 6.58. The van der Waals surface area contributed by atoms with Gasteiger partial charge in [-0.3, -0.25) is 4.90 Å². The SMILES string of the molecule is CC1CN(Cc2ccccc2Cl)CCC1Cl. The molecule has 0 amide bonds. The molecule has 1 aromatic rings. The molecule has 2 atom stereocenters. The second kappa shape index (κ2) is 5.39. The Morgan fingerprint density at radius 2 is 2.12 bits per heavy atom. The van der Waals surface area contributed by atoms with Crippen molar-refractivity contribution in [2.75, 3.05) is 13.1 Å². The molecule has 16 heavy (non-hydrogen) atoms. The summed E-state index contributed by atoms with van der Waals surface area (Å²) in [7, 11) is 0. The maximum Gasteiger partial charge on any atom is 0.0451 e. The molecule has 0 N–H and O–H groups in total. The lowest BCUT2D eigenvalue weighted by Crippen LogP contribution is -2.39. The number of hydrogen-bond acceptors (Lipinski definition) is 1. The molecule has 3 heteroatoms. The largest absolute Gasteiger partial charge is 0.299 e. The highest BCUT2D eigenvalue weighted by Crippen LogP contribution is 2.24. The highest BCUT2D eigenvalue weighted by molar-refractivity contribution is 6.31. The van der Waals surface area contributed by atoms with Crippen LogP contribution in [0.2, 0.25) is 5.02 Å². The molecule has 0 spiro atoms. The molecule has 0 aromatic heterocycles. The molecule has 2 rings (SSSR count). The van der Waals surface area contributed by atoms with Crippen LogP contribution in [-0.4, -0.2) is 23.4 Å². The molecular formula is C13H17Cl2N. The first-order chi connectivity index (χ1) is 7.66. The van der Waals surface area contributed by atoms with E-state index in [1.54, 1.807) is 0 Å². The molecule has 1 nitrogen and oxygen atoms in total. The lowest BCUT2D eigenvalue weighted by atomic mass is 9.99. The number of halogens is 2.